The molecule has 3 N–H and O–H groups in total. The van der Waals surface area contributed by atoms with Crippen molar-refractivity contribution < 1.29 is 36.4 Å². The van der Waals surface area contributed by atoms with E-state index >= 15 is 0 Å². The Morgan fingerprint density at radius 1 is 1.32 bits per heavy atom. The van der Waals surface area contributed by atoms with Crippen molar-refractivity contribution >= 4 is 35.2 Å². The van der Waals surface area contributed by atoms with E-state index in [0.29, 0.717) is 19.5 Å². The second-order valence-electron chi connectivity index (χ2n) is 8.81. The number of hydrogen-bond acceptors (Lipinski definition) is 6. The normalized spacial score (nSPS) is 22.1. The molecule has 34 heavy (non-hydrogen) atoms. The zero-order chi connectivity index (χ0) is 22.8. The number of aryl methyl sites for hydroxylation is 1. The Bertz CT molecular complexity index is 1040. The highest BCUT2D eigenvalue weighted by Gasteiger charge is 2.37. The summed E-state index contributed by atoms with van der Waals surface area (Å²) in [4.78, 5) is 28.4. The van der Waals surface area contributed by atoms with Crippen molar-refractivity contribution in [2.75, 3.05) is 19.8 Å². The minimum atomic E-state index is -0.689. The summed E-state index contributed by atoms with van der Waals surface area (Å²) in [6.07, 6.45) is 5.43. The number of fused-ring (bicyclic) bond motifs is 3. The first-order valence-corrected chi connectivity index (χ1v) is 11.3. The van der Waals surface area contributed by atoms with Crippen LogP contribution in [0.25, 0.3) is 10.9 Å². The van der Waals surface area contributed by atoms with Gasteiger partial charge in [-0.25, -0.2) is 4.79 Å². The maximum Gasteiger partial charge on any atom is 0.510 e. The first-order chi connectivity index (χ1) is 15.4. The molecule has 1 aromatic heterocycles. The van der Waals surface area contributed by atoms with Crippen molar-refractivity contribution in [2.45, 2.75) is 45.4 Å². The summed E-state index contributed by atoms with van der Waals surface area (Å²) in [6.45, 7) is 5.15. The molecule has 0 fully saturated rings. The number of ketones is 1. The molecular formula is C24H34Cl2N4O4. The zero-order valence-electron chi connectivity index (χ0n) is 19.8. The molecular weight excluding hydrogens is 479 g/mol. The van der Waals surface area contributed by atoms with Crippen LogP contribution in [-0.4, -0.2) is 53.5 Å². The Morgan fingerprint density at radius 2 is 2.06 bits per heavy atom. The minimum absolute atomic E-state index is 0. The van der Waals surface area contributed by atoms with Crippen molar-refractivity contribution in [2.24, 2.45) is 18.7 Å². The summed E-state index contributed by atoms with van der Waals surface area (Å²) >= 11 is 0. The van der Waals surface area contributed by atoms with Crippen LogP contribution >= 0.6 is 12.4 Å². The average Bonchev–Trinajstić information content (AvgIpc) is 3.26. The van der Waals surface area contributed by atoms with E-state index in [0.717, 1.165) is 35.0 Å². The van der Waals surface area contributed by atoms with E-state index in [2.05, 4.69) is 17.6 Å². The van der Waals surface area contributed by atoms with Gasteiger partial charge in [-0.1, -0.05) is 18.2 Å². The third kappa shape index (κ3) is 5.51. The molecule has 10 heteroatoms. The number of hydrogen-bond donors (Lipinski definition) is 2. The van der Waals surface area contributed by atoms with E-state index in [1.807, 2.05) is 42.5 Å². The number of halogens is 2. The standard InChI is InChI=1S/C24H32N4O4.2ClH/c1-16(10-11-25)32-24(30)31-15-28-13-12-27(17(28)2)14-18-8-9-21-22(23(18)29)19-6-4-5-7-20(19)26(21)3;;/h4-7,12-13,16-18H,8-11,14-15,25H2,1-3H3;2*1H. The Hall–Kier alpha value is -2.26. The van der Waals surface area contributed by atoms with Gasteiger partial charge < -0.3 is 32.2 Å². The number of nitrogens with one attached hydrogen (secondary N) is 1. The molecule has 0 amide bonds. The van der Waals surface area contributed by atoms with Crippen LogP contribution in [0, 0.1) is 5.92 Å². The second-order valence-corrected chi connectivity index (χ2v) is 8.81. The molecule has 1 aromatic carbocycles. The molecule has 2 aliphatic rings. The largest absolute Gasteiger partial charge is 1.00 e. The fourth-order valence-corrected chi connectivity index (χ4v) is 4.82. The van der Waals surface area contributed by atoms with Gasteiger partial charge in [-0.2, -0.15) is 0 Å². The molecule has 4 atom stereocenters. The number of rotatable bonds is 7. The molecule has 4 rings (SSSR count). The molecule has 0 spiro atoms. The van der Waals surface area contributed by atoms with Gasteiger partial charge in [0, 0.05) is 36.1 Å². The van der Waals surface area contributed by atoms with Crippen molar-refractivity contribution in [3.63, 3.8) is 0 Å². The number of quaternary nitrogens is 1. The van der Waals surface area contributed by atoms with Gasteiger partial charge in [-0.15, -0.1) is 12.4 Å². The minimum Gasteiger partial charge on any atom is -1.00 e. The highest BCUT2D eigenvalue weighted by molar-refractivity contribution is 6.11. The van der Waals surface area contributed by atoms with Crippen LogP contribution in [0.3, 0.4) is 0 Å². The fraction of sp³-hybridized carbons (Fsp3) is 0.500. The monoisotopic (exact) mass is 512 g/mol. The molecule has 188 valence electrons. The lowest BCUT2D eigenvalue weighted by Gasteiger charge is -2.28. The maximum absolute atomic E-state index is 13.4. The molecule has 2 aromatic rings. The smallest absolute Gasteiger partial charge is 0.510 e. The molecule has 0 radical (unpaired) electrons. The predicted molar refractivity (Wildman–Crippen MR) is 128 cm³/mol. The van der Waals surface area contributed by atoms with Gasteiger partial charge in [0.25, 0.3) is 0 Å². The van der Waals surface area contributed by atoms with Gasteiger partial charge in [0.05, 0.1) is 18.7 Å². The number of nitrogens with zero attached hydrogens (tertiary/aromatic N) is 2. The SMILES string of the molecule is CC(CCN)OC(=O)OCN1C=C[NH+](CC2CCc3c(c4ccccc4n3C)C2=O)C1C.Cl.[Cl-]. The van der Waals surface area contributed by atoms with Gasteiger partial charge in [-0.05, 0) is 38.8 Å². The maximum atomic E-state index is 13.4. The number of aromatic nitrogens is 1. The average molecular weight is 513 g/mol. The molecule has 2 heterocycles. The second kappa shape index (κ2) is 11.9. The number of carbonyl (C=O) groups excluding carboxylic acids is 2. The molecule has 0 bridgehead atoms. The summed E-state index contributed by atoms with van der Waals surface area (Å²) in [5.41, 5.74) is 8.63. The number of ether oxygens (including phenoxy) is 2. The fourth-order valence-electron chi connectivity index (χ4n) is 4.82. The molecule has 0 saturated heterocycles. The van der Waals surface area contributed by atoms with Crippen LogP contribution in [0.2, 0.25) is 0 Å². The van der Waals surface area contributed by atoms with Crippen molar-refractivity contribution in [1.29, 1.82) is 0 Å². The van der Waals surface area contributed by atoms with E-state index in [-0.39, 0.29) is 55.5 Å². The topological polar surface area (TPSA) is 91.2 Å². The van der Waals surface area contributed by atoms with Gasteiger partial charge in [-0.3, -0.25) is 14.6 Å². The van der Waals surface area contributed by atoms with Crippen LogP contribution in [0.15, 0.2) is 36.7 Å². The highest BCUT2D eigenvalue weighted by atomic mass is 35.5. The summed E-state index contributed by atoms with van der Waals surface area (Å²) in [6, 6.07) is 8.13. The first kappa shape index (κ1) is 28.0. The molecule has 1 aliphatic carbocycles. The van der Waals surface area contributed by atoms with E-state index < -0.39 is 6.16 Å². The van der Waals surface area contributed by atoms with Crippen molar-refractivity contribution in [3.8, 4) is 0 Å². The van der Waals surface area contributed by atoms with E-state index in [9.17, 15) is 9.59 Å². The molecule has 1 aliphatic heterocycles. The Labute approximate surface area is 212 Å². The lowest BCUT2D eigenvalue weighted by Crippen LogP contribution is -3.11. The number of Topliss-reactive ketones (excluding diaryl/α,β-unsaturated/α-hetero) is 1. The quantitative estimate of drug-likeness (QED) is 0.472. The van der Waals surface area contributed by atoms with Crippen LogP contribution in [0.1, 0.15) is 42.7 Å². The van der Waals surface area contributed by atoms with Gasteiger partial charge in [0.15, 0.2) is 18.7 Å². The Morgan fingerprint density at radius 3 is 2.79 bits per heavy atom. The highest BCUT2D eigenvalue weighted by Crippen LogP contribution is 2.33. The van der Waals surface area contributed by atoms with Gasteiger partial charge >= 0.3 is 6.16 Å². The summed E-state index contributed by atoms with van der Waals surface area (Å²) in [5.74, 6) is 0.210. The van der Waals surface area contributed by atoms with E-state index in [1.165, 1.54) is 4.90 Å². The third-order valence-corrected chi connectivity index (χ3v) is 6.77. The third-order valence-electron chi connectivity index (χ3n) is 6.77. The lowest BCUT2D eigenvalue weighted by atomic mass is 9.84. The first-order valence-electron chi connectivity index (χ1n) is 11.3. The van der Waals surface area contributed by atoms with E-state index in [4.69, 9.17) is 15.2 Å². The van der Waals surface area contributed by atoms with Crippen molar-refractivity contribution in [3.05, 3.63) is 47.9 Å². The summed E-state index contributed by atoms with van der Waals surface area (Å²) in [5, 5.41) is 1.05. The van der Waals surface area contributed by atoms with Crippen molar-refractivity contribution in [1.82, 2.24) is 9.47 Å². The van der Waals surface area contributed by atoms with E-state index in [1.54, 1.807) is 6.92 Å². The van der Waals surface area contributed by atoms with Gasteiger partial charge in [0.1, 0.15) is 12.3 Å². The lowest BCUT2D eigenvalue weighted by molar-refractivity contribution is -0.878. The van der Waals surface area contributed by atoms with Gasteiger partial charge in [0.2, 0.25) is 0 Å². The number of benzene rings is 1. The van der Waals surface area contributed by atoms with Crippen LogP contribution < -0.4 is 23.0 Å². The summed E-state index contributed by atoms with van der Waals surface area (Å²) < 4.78 is 12.6. The molecule has 4 unspecified atom stereocenters. The Balaban J connectivity index is 0.00000204. The predicted octanol–water partition coefficient (Wildman–Crippen LogP) is -0.785. The number of nitrogens with two attached hydrogens (primary N) is 1. The molecule has 8 nitrogen and oxygen atoms in total. The van der Waals surface area contributed by atoms with Crippen LogP contribution in [0.4, 0.5) is 4.79 Å². The Kier molecular flexibility index (Phi) is 9.82. The molecule has 0 saturated carbocycles. The van der Waals surface area contributed by atoms with Crippen LogP contribution in [0.5, 0.6) is 0 Å². The zero-order valence-corrected chi connectivity index (χ0v) is 21.4. The number of para-hydroxylation sites is 1. The summed E-state index contributed by atoms with van der Waals surface area (Å²) in [7, 11) is 2.05. The van der Waals surface area contributed by atoms with Crippen LogP contribution in [-0.2, 0) is 22.9 Å². The number of carbonyl (C=O) groups is 2.